The van der Waals surface area contributed by atoms with Crippen molar-refractivity contribution < 1.29 is 4.74 Å². The monoisotopic (exact) mass is 331 g/mol. The molecule has 0 N–H and O–H groups in total. The number of methoxy groups -OCH3 is 1. The molecule has 4 rings (SSSR count). The van der Waals surface area contributed by atoms with Gasteiger partial charge in [-0.2, -0.15) is 0 Å². The Kier molecular flexibility index (Phi) is 4.01. The Labute approximate surface area is 142 Å². The standard InChI is InChI=1S/C18H25N3OS/c1-12-10-14(13(2)20(12)8-9-22-3)17-11-23-18-19-15-6-4-5-7-16(15)21(17)18/h10-11,15-16H,4-9H2,1-3H3/t15-,16-/m0/s1. The molecule has 124 valence electrons. The molecular weight excluding hydrogens is 306 g/mol. The van der Waals surface area contributed by atoms with Crippen LogP contribution in [0.5, 0.6) is 0 Å². The lowest BCUT2D eigenvalue weighted by molar-refractivity contribution is 0.186. The zero-order valence-corrected chi connectivity index (χ0v) is 15.0. The Hall–Kier alpha value is -1.20. The molecular formula is C18H25N3OS. The fraction of sp³-hybridized carbons (Fsp3) is 0.611. The topological polar surface area (TPSA) is 29.8 Å². The first-order valence-corrected chi connectivity index (χ1v) is 9.48. The van der Waals surface area contributed by atoms with Crippen LogP contribution in [0.15, 0.2) is 16.5 Å². The van der Waals surface area contributed by atoms with Gasteiger partial charge < -0.3 is 14.2 Å². The number of aromatic nitrogens is 1. The van der Waals surface area contributed by atoms with E-state index in [1.807, 2.05) is 0 Å². The first-order chi connectivity index (χ1) is 11.2. The van der Waals surface area contributed by atoms with E-state index < -0.39 is 0 Å². The van der Waals surface area contributed by atoms with Gasteiger partial charge in [0.25, 0.3) is 0 Å². The minimum absolute atomic E-state index is 0.520. The van der Waals surface area contributed by atoms with Crippen LogP contribution in [0.25, 0.3) is 5.70 Å². The molecule has 1 aliphatic carbocycles. The number of aryl methyl sites for hydroxylation is 1. The Morgan fingerprint density at radius 3 is 2.96 bits per heavy atom. The Balaban J connectivity index is 1.65. The first-order valence-electron chi connectivity index (χ1n) is 8.60. The van der Waals surface area contributed by atoms with Crippen molar-refractivity contribution in [3.8, 4) is 0 Å². The molecule has 1 saturated carbocycles. The number of thioether (sulfide) groups is 1. The average Bonchev–Trinajstić information content (AvgIpc) is 3.18. The van der Waals surface area contributed by atoms with Gasteiger partial charge in [-0.1, -0.05) is 24.6 Å². The molecule has 23 heavy (non-hydrogen) atoms. The van der Waals surface area contributed by atoms with Gasteiger partial charge in [0.05, 0.1) is 24.4 Å². The SMILES string of the molecule is COCCn1c(C)cc(C2=CSC3=N[C@H]4CCCC[C@@H]4N23)c1C. The van der Waals surface area contributed by atoms with Crippen molar-refractivity contribution in [3.05, 3.63) is 28.4 Å². The molecule has 3 heterocycles. The molecule has 0 spiro atoms. The molecule has 1 aromatic heterocycles. The van der Waals surface area contributed by atoms with Crippen LogP contribution in [-0.2, 0) is 11.3 Å². The van der Waals surface area contributed by atoms with Crippen LogP contribution in [0.1, 0.15) is 42.6 Å². The van der Waals surface area contributed by atoms with Gasteiger partial charge >= 0.3 is 0 Å². The zero-order valence-electron chi connectivity index (χ0n) is 14.2. The van der Waals surface area contributed by atoms with E-state index >= 15 is 0 Å². The molecule has 1 fully saturated rings. The lowest BCUT2D eigenvalue weighted by Crippen LogP contribution is -2.38. The maximum atomic E-state index is 5.26. The molecule has 1 aromatic rings. The molecule has 2 aliphatic heterocycles. The third kappa shape index (κ3) is 2.45. The summed E-state index contributed by atoms with van der Waals surface area (Å²) in [6.45, 7) is 6.09. The number of hydrogen-bond donors (Lipinski definition) is 0. The molecule has 4 nitrogen and oxygen atoms in total. The summed E-state index contributed by atoms with van der Waals surface area (Å²) in [6.07, 6.45) is 5.20. The lowest BCUT2D eigenvalue weighted by atomic mass is 9.90. The van der Waals surface area contributed by atoms with E-state index in [9.17, 15) is 0 Å². The number of hydrogen-bond acceptors (Lipinski definition) is 4. The van der Waals surface area contributed by atoms with Crippen LogP contribution >= 0.6 is 11.8 Å². The van der Waals surface area contributed by atoms with Gasteiger partial charge in [-0.15, -0.1) is 0 Å². The summed E-state index contributed by atoms with van der Waals surface area (Å²) in [7, 11) is 1.77. The van der Waals surface area contributed by atoms with Crippen LogP contribution in [0.2, 0.25) is 0 Å². The molecule has 0 amide bonds. The van der Waals surface area contributed by atoms with Gasteiger partial charge in [0, 0.05) is 36.0 Å². The van der Waals surface area contributed by atoms with Crippen LogP contribution in [0.4, 0.5) is 0 Å². The largest absolute Gasteiger partial charge is 0.383 e. The van der Waals surface area contributed by atoms with E-state index in [4.69, 9.17) is 9.73 Å². The summed E-state index contributed by atoms with van der Waals surface area (Å²) >= 11 is 1.80. The quantitative estimate of drug-likeness (QED) is 0.841. The summed E-state index contributed by atoms with van der Waals surface area (Å²) in [5, 5.41) is 3.52. The molecule has 0 bridgehead atoms. The third-order valence-corrected chi connectivity index (χ3v) is 6.27. The molecule has 0 radical (unpaired) electrons. The minimum atomic E-state index is 0.520. The number of rotatable bonds is 4. The Morgan fingerprint density at radius 1 is 1.30 bits per heavy atom. The predicted octanol–water partition coefficient (Wildman–Crippen LogP) is 3.78. The van der Waals surface area contributed by atoms with E-state index in [-0.39, 0.29) is 0 Å². The van der Waals surface area contributed by atoms with Crippen molar-refractivity contribution in [1.82, 2.24) is 9.47 Å². The second-order valence-corrected chi connectivity index (χ2v) is 7.59. The minimum Gasteiger partial charge on any atom is -0.383 e. The van der Waals surface area contributed by atoms with Gasteiger partial charge in [-0.25, -0.2) is 0 Å². The lowest BCUT2D eigenvalue weighted by Gasteiger charge is -2.32. The van der Waals surface area contributed by atoms with Crippen molar-refractivity contribution in [1.29, 1.82) is 0 Å². The Morgan fingerprint density at radius 2 is 2.13 bits per heavy atom. The van der Waals surface area contributed by atoms with Crippen molar-refractivity contribution in [2.24, 2.45) is 4.99 Å². The van der Waals surface area contributed by atoms with Gasteiger partial charge in [0.1, 0.15) is 0 Å². The predicted molar refractivity (Wildman–Crippen MR) is 96.7 cm³/mol. The summed E-state index contributed by atoms with van der Waals surface area (Å²) in [4.78, 5) is 7.51. The fourth-order valence-corrected chi connectivity index (χ4v) is 5.21. The summed E-state index contributed by atoms with van der Waals surface area (Å²) in [6, 6.07) is 3.44. The second-order valence-electron chi connectivity index (χ2n) is 6.75. The highest BCUT2D eigenvalue weighted by atomic mass is 32.2. The smallest absolute Gasteiger partial charge is 0.168 e. The van der Waals surface area contributed by atoms with Crippen LogP contribution in [-0.4, -0.2) is 40.4 Å². The summed E-state index contributed by atoms with van der Waals surface area (Å²) < 4.78 is 7.63. The highest BCUT2D eigenvalue weighted by Gasteiger charge is 2.42. The van der Waals surface area contributed by atoms with Crippen molar-refractivity contribution in [2.75, 3.05) is 13.7 Å². The summed E-state index contributed by atoms with van der Waals surface area (Å²) in [5.41, 5.74) is 5.37. The zero-order chi connectivity index (χ0) is 16.0. The van der Waals surface area contributed by atoms with Gasteiger partial charge in [0.2, 0.25) is 0 Å². The molecule has 0 saturated heterocycles. The van der Waals surface area contributed by atoms with E-state index in [1.54, 1.807) is 18.9 Å². The van der Waals surface area contributed by atoms with Crippen LogP contribution < -0.4 is 0 Å². The third-order valence-electron chi connectivity index (χ3n) is 5.41. The maximum absolute atomic E-state index is 5.26. The van der Waals surface area contributed by atoms with Gasteiger partial charge in [-0.3, -0.25) is 4.99 Å². The fourth-order valence-electron chi connectivity index (χ4n) is 4.20. The maximum Gasteiger partial charge on any atom is 0.168 e. The molecule has 3 aliphatic rings. The van der Waals surface area contributed by atoms with Crippen LogP contribution in [0.3, 0.4) is 0 Å². The summed E-state index contributed by atoms with van der Waals surface area (Å²) in [5.74, 6) is 0. The number of fused-ring (bicyclic) bond motifs is 3. The van der Waals surface area contributed by atoms with Gasteiger partial charge in [0.15, 0.2) is 5.17 Å². The number of ether oxygens (including phenoxy) is 1. The Bertz CT molecular complexity index is 676. The van der Waals surface area contributed by atoms with Crippen molar-refractivity contribution in [2.45, 2.75) is 58.2 Å². The second kappa shape index (κ2) is 6.02. The molecule has 0 unspecified atom stereocenters. The highest BCUT2D eigenvalue weighted by Crippen LogP contribution is 2.44. The van der Waals surface area contributed by atoms with E-state index in [0.717, 1.165) is 13.2 Å². The number of nitrogens with zero attached hydrogens (tertiary/aromatic N) is 3. The van der Waals surface area contributed by atoms with Crippen molar-refractivity contribution >= 4 is 22.6 Å². The number of amidine groups is 1. The first kappa shape index (κ1) is 15.3. The number of aliphatic imine (C=N–C) groups is 1. The van der Waals surface area contributed by atoms with Gasteiger partial charge in [-0.05, 0) is 32.8 Å². The average molecular weight is 331 g/mol. The van der Waals surface area contributed by atoms with E-state index in [2.05, 4.69) is 34.8 Å². The van der Waals surface area contributed by atoms with Crippen LogP contribution in [0, 0.1) is 13.8 Å². The van der Waals surface area contributed by atoms with Crippen molar-refractivity contribution in [3.63, 3.8) is 0 Å². The normalized spacial score (nSPS) is 26.1. The molecule has 2 atom stereocenters. The molecule has 0 aromatic carbocycles. The highest BCUT2D eigenvalue weighted by molar-refractivity contribution is 8.16. The van der Waals surface area contributed by atoms with E-state index in [0.29, 0.717) is 12.1 Å². The van der Waals surface area contributed by atoms with E-state index in [1.165, 1.54) is 53.5 Å². The molecule has 5 heteroatoms.